The number of amides is 1. The Balaban J connectivity index is 2.22. The third-order valence-corrected chi connectivity index (χ3v) is 3.42. The zero-order valence-corrected chi connectivity index (χ0v) is 12.7. The van der Waals surface area contributed by atoms with E-state index in [9.17, 15) is 9.59 Å². The Morgan fingerprint density at radius 2 is 1.81 bits per heavy atom. The number of hydrogen-bond donors (Lipinski definition) is 2. The minimum atomic E-state index is -0.253. The van der Waals surface area contributed by atoms with E-state index in [1.807, 2.05) is 32.0 Å². The molecule has 0 saturated carbocycles. The largest absolute Gasteiger partial charge is 0.325 e. The quantitative estimate of drug-likeness (QED) is 0.907. The maximum absolute atomic E-state index is 12.2. The highest BCUT2D eigenvalue weighted by atomic mass is 16.2. The van der Waals surface area contributed by atoms with Gasteiger partial charge in [-0.3, -0.25) is 9.59 Å². The monoisotopic (exact) mass is 285 g/mol. The summed E-state index contributed by atoms with van der Waals surface area (Å²) in [6.07, 6.45) is 0.0161. The lowest BCUT2D eigenvalue weighted by Crippen LogP contribution is -2.24. The van der Waals surface area contributed by atoms with Crippen LogP contribution in [0.1, 0.15) is 28.2 Å². The minimum absolute atomic E-state index is 0.0161. The van der Waals surface area contributed by atoms with Crippen LogP contribution in [0.25, 0.3) is 0 Å². The van der Waals surface area contributed by atoms with Crippen LogP contribution in [0.2, 0.25) is 0 Å². The summed E-state index contributed by atoms with van der Waals surface area (Å²) in [5.74, 6) is 0.336. The molecule has 0 aliphatic heterocycles. The number of aromatic nitrogens is 2. The van der Waals surface area contributed by atoms with Gasteiger partial charge in [-0.25, -0.2) is 4.98 Å². The summed E-state index contributed by atoms with van der Waals surface area (Å²) >= 11 is 0. The molecule has 5 nitrogen and oxygen atoms in total. The van der Waals surface area contributed by atoms with Crippen LogP contribution in [-0.2, 0) is 11.2 Å². The molecule has 0 aliphatic carbocycles. The van der Waals surface area contributed by atoms with Gasteiger partial charge in [-0.2, -0.15) is 0 Å². The van der Waals surface area contributed by atoms with Gasteiger partial charge in [0.25, 0.3) is 5.56 Å². The molecule has 0 saturated heterocycles. The Hall–Kier alpha value is -2.43. The lowest BCUT2D eigenvalue weighted by Gasteiger charge is -2.12. The molecule has 1 heterocycles. The number of para-hydroxylation sites is 1. The molecule has 0 spiro atoms. The van der Waals surface area contributed by atoms with Crippen LogP contribution in [-0.4, -0.2) is 15.9 Å². The second kappa shape index (κ2) is 5.91. The molecule has 5 heteroatoms. The zero-order valence-electron chi connectivity index (χ0n) is 12.7. The number of benzene rings is 1. The van der Waals surface area contributed by atoms with Gasteiger partial charge in [-0.05, 0) is 38.8 Å². The number of aryl methyl sites for hydroxylation is 4. The standard InChI is InChI=1S/C16H19N3O2/c1-9-6-5-7-10(2)15(9)19-14(20)8-13-11(3)17-12(4)18-16(13)21/h5-7H,8H2,1-4H3,(H,19,20)(H,17,18,21). The smallest absolute Gasteiger partial charge is 0.254 e. The van der Waals surface area contributed by atoms with Crippen LogP contribution in [0.15, 0.2) is 23.0 Å². The fourth-order valence-corrected chi connectivity index (χ4v) is 2.32. The van der Waals surface area contributed by atoms with Crippen molar-refractivity contribution in [2.45, 2.75) is 34.1 Å². The summed E-state index contributed by atoms with van der Waals surface area (Å²) in [7, 11) is 0. The zero-order chi connectivity index (χ0) is 15.6. The number of anilines is 1. The molecule has 0 fully saturated rings. The molecule has 2 aromatic rings. The number of nitrogens with one attached hydrogen (secondary N) is 2. The van der Waals surface area contributed by atoms with Crippen LogP contribution < -0.4 is 10.9 Å². The highest BCUT2D eigenvalue weighted by Crippen LogP contribution is 2.19. The summed E-state index contributed by atoms with van der Waals surface area (Å²) < 4.78 is 0. The van der Waals surface area contributed by atoms with Crippen molar-refractivity contribution in [3.8, 4) is 0 Å². The summed E-state index contributed by atoms with van der Waals surface area (Å²) in [5, 5.41) is 2.88. The van der Waals surface area contributed by atoms with E-state index in [2.05, 4.69) is 15.3 Å². The van der Waals surface area contributed by atoms with E-state index in [1.54, 1.807) is 13.8 Å². The van der Waals surface area contributed by atoms with Crippen molar-refractivity contribution < 1.29 is 4.79 Å². The summed E-state index contributed by atoms with van der Waals surface area (Å²) in [6.45, 7) is 7.33. The van der Waals surface area contributed by atoms with Gasteiger partial charge in [0.1, 0.15) is 5.82 Å². The topological polar surface area (TPSA) is 74.8 Å². The Bertz CT molecular complexity index is 727. The fraction of sp³-hybridized carbons (Fsp3) is 0.312. The van der Waals surface area contributed by atoms with Gasteiger partial charge in [0.05, 0.1) is 6.42 Å². The molecule has 1 aromatic carbocycles. The number of carbonyl (C=O) groups is 1. The first kappa shape index (κ1) is 15.0. The van der Waals surface area contributed by atoms with Crippen molar-refractivity contribution in [1.29, 1.82) is 0 Å². The van der Waals surface area contributed by atoms with Crippen LogP contribution >= 0.6 is 0 Å². The summed E-state index contributed by atoms with van der Waals surface area (Å²) in [6, 6.07) is 5.82. The van der Waals surface area contributed by atoms with Gasteiger partial charge in [0.15, 0.2) is 0 Å². The second-order valence-electron chi connectivity index (χ2n) is 5.21. The highest BCUT2D eigenvalue weighted by Gasteiger charge is 2.13. The average Bonchev–Trinajstić information content (AvgIpc) is 2.38. The van der Waals surface area contributed by atoms with E-state index in [-0.39, 0.29) is 17.9 Å². The lowest BCUT2D eigenvalue weighted by molar-refractivity contribution is -0.115. The lowest BCUT2D eigenvalue weighted by atomic mass is 10.1. The Kier molecular flexibility index (Phi) is 4.21. The number of H-pyrrole nitrogens is 1. The summed E-state index contributed by atoms with van der Waals surface area (Å²) in [4.78, 5) is 30.9. The molecular weight excluding hydrogens is 266 g/mol. The third kappa shape index (κ3) is 3.37. The van der Waals surface area contributed by atoms with Crippen molar-refractivity contribution >= 4 is 11.6 Å². The van der Waals surface area contributed by atoms with Crippen molar-refractivity contribution in [3.63, 3.8) is 0 Å². The predicted octanol–water partition coefficient (Wildman–Crippen LogP) is 2.18. The molecule has 0 aliphatic rings. The van der Waals surface area contributed by atoms with Crippen LogP contribution in [0.5, 0.6) is 0 Å². The molecule has 21 heavy (non-hydrogen) atoms. The molecule has 0 unspecified atom stereocenters. The van der Waals surface area contributed by atoms with Gasteiger partial charge >= 0.3 is 0 Å². The van der Waals surface area contributed by atoms with Crippen molar-refractivity contribution in [1.82, 2.24) is 9.97 Å². The van der Waals surface area contributed by atoms with E-state index in [0.29, 0.717) is 17.1 Å². The van der Waals surface area contributed by atoms with Crippen molar-refractivity contribution in [3.05, 3.63) is 56.8 Å². The first-order valence-corrected chi connectivity index (χ1v) is 6.81. The van der Waals surface area contributed by atoms with Crippen molar-refractivity contribution in [2.75, 3.05) is 5.32 Å². The molecular formula is C16H19N3O2. The number of rotatable bonds is 3. The van der Waals surface area contributed by atoms with Gasteiger partial charge in [-0.1, -0.05) is 18.2 Å². The molecule has 1 aromatic heterocycles. The highest BCUT2D eigenvalue weighted by molar-refractivity contribution is 5.93. The fourth-order valence-electron chi connectivity index (χ4n) is 2.32. The number of hydrogen-bond acceptors (Lipinski definition) is 3. The van der Waals surface area contributed by atoms with Crippen LogP contribution in [0, 0.1) is 27.7 Å². The van der Waals surface area contributed by atoms with E-state index < -0.39 is 0 Å². The number of aromatic amines is 1. The van der Waals surface area contributed by atoms with Crippen LogP contribution in [0.4, 0.5) is 5.69 Å². The van der Waals surface area contributed by atoms with Gasteiger partial charge in [0.2, 0.25) is 5.91 Å². The average molecular weight is 285 g/mol. The van der Waals surface area contributed by atoms with E-state index >= 15 is 0 Å². The van der Waals surface area contributed by atoms with Crippen LogP contribution in [0.3, 0.4) is 0 Å². The molecule has 0 bridgehead atoms. The number of nitrogens with zero attached hydrogens (tertiary/aromatic N) is 1. The molecule has 110 valence electrons. The Morgan fingerprint density at radius 1 is 1.19 bits per heavy atom. The first-order chi connectivity index (χ1) is 9.88. The van der Waals surface area contributed by atoms with Crippen molar-refractivity contribution in [2.24, 2.45) is 0 Å². The molecule has 1 amide bonds. The minimum Gasteiger partial charge on any atom is -0.325 e. The Labute approximate surface area is 123 Å². The second-order valence-corrected chi connectivity index (χ2v) is 5.21. The SMILES string of the molecule is Cc1nc(C)c(CC(=O)Nc2c(C)cccc2C)c(=O)[nH]1. The first-order valence-electron chi connectivity index (χ1n) is 6.81. The predicted molar refractivity (Wildman–Crippen MR) is 82.6 cm³/mol. The van der Waals surface area contributed by atoms with E-state index in [4.69, 9.17) is 0 Å². The summed E-state index contributed by atoms with van der Waals surface area (Å²) in [5.41, 5.74) is 3.54. The van der Waals surface area contributed by atoms with Gasteiger partial charge in [0, 0.05) is 16.9 Å². The van der Waals surface area contributed by atoms with E-state index in [0.717, 1.165) is 16.8 Å². The molecule has 0 atom stereocenters. The third-order valence-electron chi connectivity index (χ3n) is 3.42. The van der Waals surface area contributed by atoms with Gasteiger partial charge in [-0.15, -0.1) is 0 Å². The molecule has 2 rings (SSSR count). The van der Waals surface area contributed by atoms with Gasteiger partial charge < -0.3 is 10.3 Å². The normalized spacial score (nSPS) is 10.5. The molecule has 0 radical (unpaired) electrons. The van der Waals surface area contributed by atoms with E-state index in [1.165, 1.54) is 0 Å². The number of carbonyl (C=O) groups excluding carboxylic acids is 1. The molecule has 2 N–H and O–H groups in total. The maximum Gasteiger partial charge on any atom is 0.254 e. The maximum atomic E-state index is 12.2. The Morgan fingerprint density at radius 3 is 2.38 bits per heavy atom.